The summed E-state index contributed by atoms with van der Waals surface area (Å²) in [7, 11) is 0. The Hall–Kier alpha value is -1.77. The lowest BCUT2D eigenvalue weighted by Gasteiger charge is -1.95. The van der Waals surface area contributed by atoms with Gasteiger partial charge in [-0.2, -0.15) is 0 Å². The first-order chi connectivity index (χ1) is 9.61. The van der Waals surface area contributed by atoms with Crippen LogP contribution in [0.15, 0.2) is 21.9 Å². The number of thiophene rings is 1. The van der Waals surface area contributed by atoms with E-state index in [1.165, 1.54) is 22.7 Å². The number of aromatic nitrogens is 3. The minimum absolute atomic E-state index is 0.0279. The van der Waals surface area contributed by atoms with E-state index >= 15 is 0 Å². The Morgan fingerprint density at radius 3 is 2.90 bits per heavy atom. The second-order valence-corrected chi connectivity index (χ2v) is 6.50. The summed E-state index contributed by atoms with van der Waals surface area (Å²) >= 11 is 8.43. The predicted octanol–water partition coefficient (Wildman–Crippen LogP) is 3.47. The summed E-state index contributed by atoms with van der Waals surface area (Å²) in [6, 6.07) is 3.31. The van der Waals surface area contributed by atoms with Gasteiger partial charge in [0.1, 0.15) is 5.69 Å². The van der Waals surface area contributed by atoms with Gasteiger partial charge in [0, 0.05) is 5.38 Å². The van der Waals surface area contributed by atoms with Crippen LogP contribution in [0.5, 0.6) is 0 Å². The molecule has 0 fully saturated rings. The molecule has 0 aromatic carbocycles. The molecule has 0 saturated heterocycles. The summed E-state index contributed by atoms with van der Waals surface area (Å²) in [5, 5.41) is 12.8. The van der Waals surface area contributed by atoms with E-state index in [0.29, 0.717) is 14.9 Å². The lowest BCUT2D eigenvalue weighted by atomic mass is 10.4. The Balaban J connectivity index is 1.76. The van der Waals surface area contributed by atoms with Crippen LogP contribution >= 0.6 is 34.3 Å². The Labute approximate surface area is 126 Å². The molecule has 1 N–H and O–H groups in total. The molecule has 0 bridgehead atoms. The predicted molar refractivity (Wildman–Crippen MR) is 77.4 cm³/mol. The lowest BCUT2D eigenvalue weighted by Crippen LogP contribution is -2.10. The van der Waals surface area contributed by atoms with Crippen molar-refractivity contribution in [2.24, 2.45) is 0 Å². The maximum Gasteiger partial charge on any atom is 0.322 e. The summed E-state index contributed by atoms with van der Waals surface area (Å²) in [6.07, 6.45) is 0. The molecule has 3 aromatic heterocycles. The van der Waals surface area contributed by atoms with Crippen LogP contribution in [0.3, 0.4) is 0 Å². The third kappa shape index (κ3) is 2.72. The second kappa shape index (κ2) is 5.31. The number of amides is 1. The molecule has 3 heterocycles. The van der Waals surface area contributed by atoms with E-state index in [-0.39, 0.29) is 17.8 Å². The molecule has 0 aliphatic rings. The third-order valence-corrected chi connectivity index (χ3v) is 4.28. The lowest BCUT2D eigenvalue weighted by molar-refractivity contribution is 0.102. The molecule has 0 atom stereocenters. The van der Waals surface area contributed by atoms with Crippen molar-refractivity contribution in [1.29, 1.82) is 0 Å². The van der Waals surface area contributed by atoms with E-state index in [0.717, 1.165) is 5.01 Å². The summed E-state index contributed by atoms with van der Waals surface area (Å²) in [6.45, 7) is 1.88. The smallest absolute Gasteiger partial charge is 0.322 e. The van der Waals surface area contributed by atoms with Crippen LogP contribution in [0.2, 0.25) is 4.34 Å². The van der Waals surface area contributed by atoms with Crippen molar-refractivity contribution in [2.45, 2.75) is 6.92 Å². The molecular weight excluding hydrogens is 320 g/mol. The summed E-state index contributed by atoms with van der Waals surface area (Å²) in [5.41, 5.74) is 0.597. The van der Waals surface area contributed by atoms with Crippen molar-refractivity contribution in [3.63, 3.8) is 0 Å². The molecule has 0 aliphatic carbocycles. The van der Waals surface area contributed by atoms with Crippen molar-refractivity contribution < 1.29 is 9.21 Å². The van der Waals surface area contributed by atoms with E-state index in [2.05, 4.69) is 20.5 Å². The van der Waals surface area contributed by atoms with Gasteiger partial charge >= 0.3 is 6.01 Å². The van der Waals surface area contributed by atoms with Gasteiger partial charge in [-0.05, 0) is 19.1 Å². The van der Waals surface area contributed by atoms with Crippen LogP contribution in [-0.4, -0.2) is 21.1 Å². The molecule has 3 rings (SSSR count). The number of thiazole rings is 1. The maximum absolute atomic E-state index is 11.9. The number of hydrogen-bond acceptors (Lipinski definition) is 7. The summed E-state index contributed by atoms with van der Waals surface area (Å²) < 4.78 is 5.88. The number of nitrogens with one attached hydrogen (secondary N) is 1. The highest BCUT2D eigenvalue weighted by Crippen LogP contribution is 2.24. The summed E-state index contributed by atoms with van der Waals surface area (Å²) in [5.74, 6) is -0.0691. The van der Waals surface area contributed by atoms with Gasteiger partial charge in [-0.1, -0.05) is 16.7 Å². The number of anilines is 1. The van der Waals surface area contributed by atoms with Crippen molar-refractivity contribution in [2.75, 3.05) is 5.32 Å². The van der Waals surface area contributed by atoms with Gasteiger partial charge in [-0.25, -0.2) is 4.98 Å². The van der Waals surface area contributed by atoms with Crippen molar-refractivity contribution >= 4 is 46.2 Å². The van der Waals surface area contributed by atoms with E-state index in [1.807, 2.05) is 12.3 Å². The van der Waals surface area contributed by atoms with Gasteiger partial charge in [0.15, 0.2) is 0 Å². The Kier molecular flexibility index (Phi) is 3.51. The van der Waals surface area contributed by atoms with Gasteiger partial charge in [0.2, 0.25) is 0 Å². The highest BCUT2D eigenvalue weighted by molar-refractivity contribution is 7.18. The van der Waals surface area contributed by atoms with Crippen LogP contribution in [0, 0.1) is 6.92 Å². The van der Waals surface area contributed by atoms with E-state index in [9.17, 15) is 4.79 Å². The van der Waals surface area contributed by atoms with Crippen molar-refractivity contribution in [3.8, 4) is 11.6 Å². The first-order valence-corrected chi connectivity index (χ1v) is 7.52. The van der Waals surface area contributed by atoms with Gasteiger partial charge < -0.3 is 4.42 Å². The summed E-state index contributed by atoms with van der Waals surface area (Å²) in [4.78, 5) is 16.6. The minimum Gasteiger partial charge on any atom is -0.401 e. The number of hydrogen-bond donors (Lipinski definition) is 1. The fourth-order valence-corrected chi connectivity index (χ4v) is 2.96. The van der Waals surface area contributed by atoms with Crippen molar-refractivity contribution in [1.82, 2.24) is 15.2 Å². The average Bonchev–Trinajstić information content (AvgIpc) is 3.10. The van der Waals surface area contributed by atoms with Crippen LogP contribution in [0.4, 0.5) is 6.01 Å². The molecule has 0 radical (unpaired) electrons. The van der Waals surface area contributed by atoms with E-state index in [1.54, 1.807) is 12.1 Å². The fraction of sp³-hybridized carbons (Fsp3) is 0.0909. The maximum atomic E-state index is 11.9. The minimum atomic E-state index is -0.341. The Morgan fingerprint density at radius 1 is 1.40 bits per heavy atom. The average molecular weight is 327 g/mol. The van der Waals surface area contributed by atoms with Gasteiger partial charge in [-0.3, -0.25) is 10.1 Å². The van der Waals surface area contributed by atoms with Gasteiger partial charge in [0.05, 0.1) is 14.2 Å². The van der Waals surface area contributed by atoms with E-state index < -0.39 is 0 Å². The Morgan fingerprint density at radius 2 is 2.25 bits per heavy atom. The topological polar surface area (TPSA) is 80.9 Å². The van der Waals surface area contributed by atoms with Crippen molar-refractivity contribution in [3.05, 3.63) is 31.7 Å². The normalized spacial score (nSPS) is 10.7. The molecule has 0 aliphatic heterocycles. The quantitative estimate of drug-likeness (QED) is 0.797. The molecule has 20 heavy (non-hydrogen) atoms. The molecule has 9 heteroatoms. The zero-order chi connectivity index (χ0) is 14.1. The van der Waals surface area contributed by atoms with Gasteiger partial charge in [0.25, 0.3) is 11.8 Å². The molecule has 6 nitrogen and oxygen atoms in total. The number of carbonyl (C=O) groups is 1. The molecular formula is C11H7ClN4O2S2. The highest BCUT2D eigenvalue weighted by atomic mass is 35.5. The molecule has 1 amide bonds. The van der Waals surface area contributed by atoms with E-state index in [4.69, 9.17) is 16.0 Å². The number of halogens is 1. The van der Waals surface area contributed by atoms with Crippen LogP contribution in [0.1, 0.15) is 14.7 Å². The van der Waals surface area contributed by atoms with Crippen LogP contribution in [-0.2, 0) is 0 Å². The SMILES string of the molecule is Cc1nc(-c2nnc(NC(=O)c3ccc(Cl)s3)o2)cs1. The molecule has 0 spiro atoms. The van der Waals surface area contributed by atoms with Crippen LogP contribution < -0.4 is 5.32 Å². The zero-order valence-electron chi connectivity index (χ0n) is 10.1. The monoisotopic (exact) mass is 326 g/mol. The molecule has 3 aromatic rings. The number of rotatable bonds is 3. The first kappa shape index (κ1) is 13.2. The highest BCUT2D eigenvalue weighted by Gasteiger charge is 2.15. The van der Waals surface area contributed by atoms with Gasteiger partial charge in [-0.15, -0.1) is 27.8 Å². The number of nitrogens with zero attached hydrogens (tertiary/aromatic N) is 3. The molecule has 0 saturated carbocycles. The largest absolute Gasteiger partial charge is 0.401 e. The fourth-order valence-electron chi connectivity index (χ4n) is 1.43. The Bertz CT molecular complexity index is 764. The number of carbonyl (C=O) groups excluding carboxylic acids is 1. The molecule has 0 unspecified atom stereocenters. The molecule has 102 valence electrons. The third-order valence-electron chi connectivity index (χ3n) is 2.28. The second-order valence-electron chi connectivity index (χ2n) is 3.72. The zero-order valence-corrected chi connectivity index (χ0v) is 12.5. The first-order valence-electron chi connectivity index (χ1n) is 5.44. The standard InChI is InChI=1S/C11H7ClN4O2S2/c1-5-13-6(4-19-5)10-15-16-11(18-10)14-9(17)7-2-3-8(12)20-7/h2-4H,1H3,(H,14,16,17). The number of aryl methyl sites for hydroxylation is 1. The van der Waals surface area contributed by atoms with Crippen LogP contribution in [0.25, 0.3) is 11.6 Å².